The van der Waals surface area contributed by atoms with Gasteiger partial charge in [0.05, 0.1) is 12.6 Å². The molecule has 2 heterocycles. The van der Waals surface area contributed by atoms with Gasteiger partial charge in [0.25, 0.3) is 0 Å². The lowest BCUT2D eigenvalue weighted by Gasteiger charge is -2.30. The summed E-state index contributed by atoms with van der Waals surface area (Å²) in [6.07, 6.45) is 1.83. The van der Waals surface area contributed by atoms with Crippen LogP contribution in [-0.4, -0.2) is 65.2 Å². The van der Waals surface area contributed by atoms with E-state index in [1.807, 2.05) is 59.1 Å². The maximum Gasteiger partial charge on any atom is 0.237 e. The van der Waals surface area contributed by atoms with Crippen molar-refractivity contribution in [3.63, 3.8) is 0 Å². The summed E-state index contributed by atoms with van der Waals surface area (Å²) in [7, 11) is 0. The number of carbonyl (C=O) groups excluding carboxylic acids is 2. The minimum absolute atomic E-state index is 0.0638. The summed E-state index contributed by atoms with van der Waals surface area (Å²) in [5, 5.41) is 0. The van der Waals surface area contributed by atoms with Crippen LogP contribution in [0.4, 0.5) is 4.39 Å². The first kappa shape index (κ1) is 26.4. The lowest BCUT2D eigenvalue weighted by molar-refractivity contribution is -0.138. The molecule has 2 aliphatic rings. The summed E-state index contributed by atoms with van der Waals surface area (Å²) in [5.41, 5.74) is 2.12. The number of nitrogens with zero attached hydrogens (tertiary/aromatic N) is 2. The van der Waals surface area contributed by atoms with Crippen LogP contribution in [0.2, 0.25) is 0 Å². The number of likely N-dealkylation sites (tertiary alicyclic amines) is 1. The Morgan fingerprint density at radius 1 is 0.868 bits per heavy atom. The van der Waals surface area contributed by atoms with Gasteiger partial charge in [-0.1, -0.05) is 42.5 Å². The van der Waals surface area contributed by atoms with Crippen LogP contribution < -0.4 is 4.74 Å². The molecule has 2 atom stereocenters. The van der Waals surface area contributed by atoms with Crippen LogP contribution in [0.5, 0.6) is 11.5 Å². The Hall–Kier alpha value is -3.16. The molecule has 0 radical (unpaired) electrons. The summed E-state index contributed by atoms with van der Waals surface area (Å²) in [6.45, 7) is 2.85. The van der Waals surface area contributed by atoms with E-state index in [1.165, 1.54) is 17.7 Å². The molecule has 2 aliphatic heterocycles. The third kappa shape index (κ3) is 7.03. The van der Waals surface area contributed by atoms with Crippen molar-refractivity contribution in [1.29, 1.82) is 0 Å². The second-order valence-electron chi connectivity index (χ2n) is 10.1. The molecule has 0 unspecified atom stereocenters. The number of Topliss-reactive ketones (excluding diaryl/α,β-unsaturated/α-hetero) is 1. The highest BCUT2D eigenvalue weighted by atomic mass is 32.2. The predicted molar refractivity (Wildman–Crippen MR) is 149 cm³/mol. The van der Waals surface area contributed by atoms with E-state index in [-0.39, 0.29) is 29.8 Å². The van der Waals surface area contributed by atoms with E-state index < -0.39 is 6.04 Å². The molecule has 3 aromatic carbocycles. The molecule has 0 bridgehead atoms. The van der Waals surface area contributed by atoms with E-state index in [2.05, 4.69) is 17.0 Å². The fraction of sp³-hybridized carbons (Fsp3) is 0.355. The molecule has 0 aliphatic carbocycles. The maximum atomic E-state index is 13.6. The first-order valence-corrected chi connectivity index (χ1v) is 14.4. The van der Waals surface area contributed by atoms with Gasteiger partial charge in [-0.15, -0.1) is 0 Å². The highest BCUT2D eigenvalue weighted by Crippen LogP contribution is 2.29. The molecular formula is C31H33FN2O3S. The van der Waals surface area contributed by atoms with Gasteiger partial charge in [-0.25, -0.2) is 4.39 Å². The number of hydrogen-bond donors (Lipinski definition) is 0. The van der Waals surface area contributed by atoms with E-state index in [1.54, 1.807) is 12.1 Å². The zero-order chi connectivity index (χ0) is 26.3. The number of benzene rings is 3. The van der Waals surface area contributed by atoms with Crippen molar-refractivity contribution in [2.24, 2.45) is 5.92 Å². The molecule has 2 saturated heterocycles. The summed E-state index contributed by atoms with van der Waals surface area (Å²) in [6, 6.07) is 23.2. The Labute approximate surface area is 228 Å². The summed E-state index contributed by atoms with van der Waals surface area (Å²) < 4.78 is 18.9. The van der Waals surface area contributed by atoms with Gasteiger partial charge in [-0.05, 0) is 66.3 Å². The Bertz CT molecular complexity index is 1210. The first-order chi connectivity index (χ1) is 18.5. The largest absolute Gasteiger partial charge is 0.457 e. The van der Waals surface area contributed by atoms with Crippen LogP contribution in [0.15, 0.2) is 78.9 Å². The van der Waals surface area contributed by atoms with E-state index in [4.69, 9.17) is 4.74 Å². The Morgan fingerprint density at radius 3 is 2.21 bits per heavy atom. The van der Waals surface area contributed by atoms with Crippen LogP contribution >= 0.6 is 11.8 Å². The lowest BCUT2D eigenvalue weighted by Crippen LogP contribution is -2.47. The van der Waals surface area contributed by atoms with Crippen LogP contribution in [0, 0.1) is 11.7 Å². The quantitative estimate of drug-likeness (QED) is 0.377. The second kappa shape index (κ2) is 12.6. The highest BCUT2D eigenvalue weighted by Gasteiger charge is 2.39. The van der Waals surface area contributed by atoms with E-state index in [0.717, 1.165) is 36.6 Å². The minimum atomic E-state index is -0.398. The molecule has 198 valence electrons. The number of rotatable bonds is 9. The number of ether oxygens (including phenoxy) is 1. The van der Waals surface area contributed by atoms with Crippen molar-refractivity contribution >= 4 is 23.5 Å². The molecule has 7 heteroatoms. The third-order valence-electron chi connectivity index (χ3n) is 7.26. The number of amides is 1. The monoisotopic (exact) mass is 532 g/mol. The molecule has 1 amide bonds. The molecular weight excluding hydrogens is 499 g/mol. The summed E-state index contributed by atoms with van der Waals surface area (Å²) in [4.78, 5) is 31.0. The number of ketones is 1. The van der Waals surface area contributed by atoms with Crippen molar-refractivity contribution in [2.45, 2.75) is 25.3 Å². The Morgan fingerprint density at radius 2 is 1.53 bits per heavy atom. The lowest BCUT2D eigenvalue weighted by atomic mass is 9.94. The molecule has 0 aromatic heterocycles. The number of thioether (sulfide) groups is 1. The smallest absolute Gasteiger partial charge is 0.237 e. The van der Waals surface area contributed by atoms with E-state index in [0.29, 0.717) is 31.0 Å². The minimum Gasteiger partial charge on any atom is -0.457 e. The van der Waals surface area contributed by atoms with Crippen LogP contribution in [0.25, 0.3) is 0 Å². The molecule has 5 nitrogen and oxygen atoms in total. The van der Waals surface area contributed by atoms with Gasteiger partial charge in [0.1, 0.15) is 17.3 Å². The average molecular weight is 533 g/mol. The second-order valence-corrected chi connectivity index (χ2v) is 11.3. The molecule has 5 rings (SSSR count). The van der Waals surface area contributed by atoms with Crippen molar-refractivity contribution in [2.75, 3.05) is 37.7 Å². The average Bonchev–Trinajstić information content (AvgIpc) is 3.36. The van der Waals surface area contributed by atoms with Crippen molar-refractivity contribution in [1.82, 2.24) is 9.80 Å². The highest BCUT2D eigenvalue weighted by molar-refractivity contribution is 7.99. The fourth-order valence-corrected chi connectivity index (χ4v) is 6.25. The van der Waals surface area contributed by atoms with Crippen LogP contribution in [0.1, 0.15) is 17.5 Å². The fourth-order valence-electron chi connectivity index (χ4n) is 5.27. The van der Waals surface area contributed by atoms with Crippen molar-refractivity contribution in [3.05, 3.63) is 95.8 Å². The number of hydrogen-bond acceptors (Lipinski definition) is 5. The maximum absolute atomic E-state index is 13.6. The molecule has 0 spiro atoms. The Balaban J connectivity index is 1.24. The van der Waals surface area contributed by atoms with Gasteiger partial charge in [-0.2, -0.15) is 11.8 Å². The molecule has 38 heavy (non-hydrogen) atoms. The van der Waals surface area contributed by atoms with Crippen LogP contribution in [-0.2, 0) is 22.4 Å². The molecule has 2 fully saturated rings. The van der Waals surface area contributed by atoms with Crippen LogP contribution in [0.3, 0.4) is 0 Å². The van der Waals surface area contributed by atoms with E-state index in [9.17, 15) is 14.0 Å². The molecule has 3 aromatic rings. The number of halogens is 1. The molecule has 0 saturated carbocycles. The van der Waals surface area contributed by atoms with Gasteiger partial charge in [0, 0.05) is 37.6 Å². The van der Waals surface area contributed by atoms with Crippen molar-refractivity contribution < 1.29 is 18.7 Å². The zero-order valence-electron chi connectivity index (χ0n) is 21.4. The summed E-state index contributed by atoms with van der Waals surface area (Å²) >= 11 is 1.92. The van der Waals surface area contributed by atoms with Gasteiger partial charge in [0.2, 0.25) is 5.91 Å². The Kier molecular flexibility index (Phi) is 8.76. The van der Waals surface area contributed by atoms with Gasteiger partial charge in [0.15, 0.2) is 5.78 Å². The predicted octanol–water partition coefficient (Wildman–Crippen LogP) is 5.24. The van der Waals surface area contributed by atoms with Gasteiger partial charge in [-0.3, -0.25) is 14.5 Å². The van der Waals surface area contributed by atoms with Gasteiger partial charge >= 0.3 is 0 Å². The zero-order valence-corrected chi connectivity index (χ0v) is 22.2. The summed E-state index contributed by atoms with van der Waals surface area (Å²) in [5.74, 6) is 3.36. The van der Waals surface area contributed by atoms with E-state index >= 15 is 0 Å². The van der Waals surface area contributed by atoms with Crippen molar-refractivity contribution in [3.8, 4) is 11.5 Å². The topological polar surface area (TPSA) is 49.9 Å². The van der Waals surface area contributed by atoms with Gasteiger partial charge < -0.3 is 9.64 Å². The first-order valence-electron chi connectivity index (χ1n) is 13.2. The SMILES string of the molecule is O=C(Cc1ccc(Oc2ccc(F)cc2)cc1)[C@@H]1C[C@@H](Cc2ccccc2)CN1C(=O)CN1CCSCC1. The number of carbonyl (C=O) groups is 2. The standard InChI is InChI=1S/C31H33FN2O3S/c32-26-8-12-28(13-9-26)37-27-10-6-24(7-11-27)20-30(35)29-19-25(18-23-4-2-1-3-5-23)21-34(29)31(36)22-33-14-16-38-17-15-33/h1-13,25,29H,14-22H2/t25-,29+/m1/s1. The third-order valence-corrected chi connectivity index (χ3v) is 8.20. The normalized spacial score (nSPS) is 19.9. The molecule has 0 N–H and O–H groups in total.